The van der Waals surface area contributed by atoms with Crippen LogP contribution in [0.4, 0.5) is 11.5 Å². The van der Waals surface area contributed by atoms with Gasteiger partial charge in [-0.05, 0) is 18.2 Å². The van der Waals surface area contributed by atoms with Crippen molar-refractivity contribution in [1.82, 2.24) is 14.5 Å². The molecule has 1 saturated heterocycles. The van der Waals surface area contributed by atoms with Gasteiger partial charge >= 0.3 is 0 Å². The van der Waals surface area contributed by atoms with Crippen molar-refractivity contribution >= 4 is 22.4 Å². The summed E-state index contributed by atoms with van der Waals surface area (Å²) in [6.45, 7) is 3.29. The van der Waals surface area contributed by atoms with Gasteiger partial charge in [0.05, 0.1) is 36.8 Å². The molecule has 3 heterocycles. The van der Waals surface area contributed by atoms with Gasteiger partial charge in [-0.1, -0.05) is 12.1 Å². The normalized spacial score (nSPS) is 14.1. The molecule has 0 bridgehead atoms. The number of fused-ring (bicyclic) bond motifs is 1. The van der Waals surface area contributed by atoms with Crippen molar-refractivity contribution < 1.29 is 4.74 Å². The molecule has 1 aliphatic rings. The van der Waals surface area contributed by atoms with Gasteiger partial charge < -0.3 is 19.5 Å². The first-order valence-electron chi connectivity index (χ1n) is 9.08. The predicted octanol–water partition coefficient (Wildman–Crippen LogP) is 1.77. The fraction of sp³-hybridized carbons (Fsp3) is 0.300. The van der Waals surface area contributed by atoms with Crippen LogP contribution in [0.15, 0.2) is 41.5 Å². The minimum absolute atomic E-state index is 0.0551. The van der Waals surface area contributed by atoms with E-state index in [-0.39, 0.29) is 12.1 Å². The molecule has 0 atom stereocenters. The lowest BCUT2D eigenvalue weighted by Crippen LogP contribution is -2.36. The van der Waals surface area contributed by atoms with Gasteiger partial charge in [-0.15, -0.1) is 0 Å². The van der Waals surface area contributed by atoms with Crippen molar-refractivity contribution in [2.45, 2.75) is 0 Å². The molecule has 28 heavy (non-hydrogen) atoms. The lowest BCUT2D eigenvalue weighted by Gasteiger charge is -2.28. The molecule has 4 rings (SSSR count). The lowest BCUT2D eigenvalue weighted by molar-refractivity contribution is 0.122. The van der Waals surface area contributed by atoms with Crippen LogP contribution in [-0.4, -0.2) is 47.4 Å². The number of aryl methyl sites for hydroxylation is 1. The maximum atomic E-state index is 12.5. The van der Waals surface area contributed by atoms with Crippen molar-refractivity contribution in [3.8, 4) is 17.3 Å². The van der Waals surface area contributed by atoms with E-state index in [1.54, 1.807) is 13.1 Å². The van der Waals surface area contributed by atoms with Crippen LogP contribution in [0.5, 0.6) is 0 Å². The van der Waals surface area contributed by atoms with Crippen LogP contribution in [-0.2, 0) is 11.8 Å². The van der Waals surface area contributed by atoms with Crippen LogP contribution < -0.4 is 15.8 Å². The van der Waals surface area contributed by atoms with Gasteiger partial charge in [0.2, 0.25) is 0 Å². The second-order valence-corrected chi connectivity index (χ2v) is 6.57. The van der Waals surface area contributed by atoms with Gasteiger partial charge in [0.15, 0.2) is 0 Å². The molecule has 3 aromatic rings. The number of anilines is 2. The zero-order chi connectivity index (χ0) is 19.5. The Kier molecular flexibility index (Phi) is 4.91. The molecule has 1 aliphatic heterocycles. The summed E-state index contributed by atoms with van der Waals surface area (Å²) in [7, 11) is 1.64. The van der Waals surface area contributed by atoms with Gasteiger partial charge in [-0.25, -0.2) is 9.97 Å². The Bertz CT molecular complexity index is 1090. The molecular weight excluding hydrogens is 356 g/mol. The number of rotatable bonds is 4. The van der Waals surface area contributed by atoms with Crippen LogP contribution in [0, 0.1) is 11.3 Å². The van der Waals surface area contributed by atoms with Crippen LogP contribution in [0.3, 0.4) is 0 Å². The summed E-state index contributed by atoms with van der Waals surface area (Å²) in [6.07, 6.45) is 1.49. The van der Waals surface area contributed by atoms with E-state index in [9.17, 15) is 4.79 Å². The van der Waals surface area contributed by atoms with Gasteiger partial charge in [-0.2, -0.15) is 5.26 Å². The predicted molar refractivity (Wildman–Crippen MR) is 107 cm³/mol. The number of pyridine rings is 1. The van der Waals surface area contributed by atoms with Crippen molar-refractivity contribution in [3.05, 3.63) is 47.0 Å². The molecule has 0 unspecified atom stereocenters. The topological polar surface area (TPSA) is 96.1 Å². The Hall–Kier alpha value is -3.44. The summed E-state index contributed by atoms with van der Waals surface area (Å²) in [5.74, 6) is 0.375. The Morgan fingerprint density at radius 3 is 2.71 bits per heavy atom. The molecule has 0 radical (unpaired) electrons. The van der Waals surface area contributed by atoms with E-state index in [1.807, 2.05) is 18.2 Å². The van der Waals surface area contributed by atoms with Gasteiger partial charge in [0.25, 0.3) is 5.56 Å². The Morgan fingerprint density at radius 2 is 2.00 bits per heavy atom. The number of nitriles is 1. The highest BCUT2D eigenvalue weighted by molar-refractivity contribution is 5.91. The zero-order valence-electron chi connectivity index (χ0n) is 15.6. The zero-order valence-corrected chi connectivity index (χ0v) is 15.6. The van der Waals surface area contributed by atoms with Gasteiger partial charge in [0, 0.05) is 31.4 Å². The SMILES string of the molecule is Cn1cnc2cc(-c3ccc(N4CCOCC4)cc3)nc(NCC#N)c2c1=O. The number of aromatic nitrogens is 3. The van der Waals surface area contributed by atoms with E-state index < -0.39 is 0 Å². The number of nitrogens with zero attached hydrogens (tertiary/aromatic N) is 5. The van der Waals surface area contributed by atoms with Crippen molar-refractivity contribution in [1.29, 1.82) is 5.26 Å². The summed E-state index contributed by atoms with van der Waals surface area (Å²) in [6, 6.07) is 12.0. The first-order valence-corrected chi connectivity index (χ1v) is 9.08. The minimum Gasteiger partial charge on any atom is -0.378 e. The molecule has 142 valence electrons. The number of hydrogen-bond acceptors (Lipinski definition) is 7. The number of morpholine rings is 1. The van der Waals surface area contributed by atoms with E-state index in [0.717, 1.165) is 37.6 Å². The molecular formula is C20H20N6O2. The van der Waals surface area contributed by atoms with E-state index in [2.05, 4.69) is 32.3 Å². The van der Waals surface area contributed by atoms with Gasteiger partial charge in [0.1, 0.15) is 17.7 Å². The summed E-state index contributed by atoms with van der Waals surface area (Å²) >= 11 is 0. The van der Waals surface area contributed by atoms with Crippen LogP contribution in [0.1, 0.15) is 0 Å². The lowest BCUT2D eigenvalue weighted by atomic mass is 10.1. The molecule has 2 aromatic heterocycles. The molecule has 1 aromatic carbocycles. The largest absolute Gasteiger partial charge is 0.378 e. The fourth-order valence-electron chi connectivity index (χ4n) is 3.29. The summed E-state index contributed by atoms with van der Waals surface area (Å²) in [5.41, 5.74) is 3.10. The summed E-state index contributed by atoms with van der Waals surface area (Å²) in [4.78, 5) is 23.8. The van der Waals surface area contributed by atoms with E-state index in [0.29, 0.717) is 22.4 Å². The second kappa shape index (κ2) is 7.66. The highest BCUT2D eigenvalue weighted by Gasteiger charge is 2.14. The van der Waals surface area contributed by atoms with E-state index in [4.69, 9.17) is 10.00 Å². The molecule has 0 saturated carbocycles. The Labute approximate surface area is 162 Å². The first kappa shape index (κ1) is 17.9. The average Bonchev–Trinajstić information content (AvgIpc) is 2.75. The Morgan fingerprint density at radius 1 is 1.25 bits per heavy atom. The highest BCUT2D eigenvalue weighted by atomic mass is 16.5. The Balaban J connectivity index is 1.75. The third kappa shape index (κ3) is 3.40. The molecule has 1 N–H and O–H groups in total. The quantitative estimate of drug-likeness (QED) is 0.693. The fourth-order valence-corrected chi connectivity index (χ4v) is 3.29. The van der Waals surface area contributed by atoms with Gasteiger partial charge in [-0.3, -0.25) is 4.79 Å². The number of nitrogens with one attached hydrogen (secondary N) is 1. The van der Waals surface area contributed by atoms with Crippen LogP contribution >= 0.6 is 0 Å². The van der Waals surface area contributed by atoms with E-state index in [1.165, 1.54) is 10.9 Å². The maximum Gasteiger partial charge on any atom is 0.264 e. The smallest absolute Gasteiger partial charge is 0.264 e. The summed E-state index contributed by atoms with van der Waals surface area (Å²) in [5, 5.41) is 12.2. The van der Waals surface area contributed by atoms with Crippen LogP contribution in [0.2, 0.25) is 0 Å². The van der Waals surface area contributed by atoms with Crippen LogP contribution in [0.25, 0.3) is 22.2 Å². The molecule has 0 aliphatic carbocycles. The van der Waals surface area contributed by atoms with Crippen molar-refractivity contribution in [2.24, 2.45) is 7.05 Å². The molecule has 0 spiro atoms. The maximum absolute atomic E-state index is 12.5. The standard InChI is InChI=1S/C20H20N6O2/c1-25-13-23-17-12-16(24-19(22-7-6-21)18(17)20(25)27)14-2-4-15(5-3-14)26-8-10-28-11-9-26/h2-5,12-13H,7-11H2,1H3,(H,22,24). The van der Waals surface area contributed by atoms with E-state index >= 15 is 0 Å². The minimum atomic E-state index is -0.202. The summed E-state index contributed by atoms with van der Waals surface area (Å²) < 4.78 is 6.80. The number of benzene rings is 1. The molecule has 0 amide bonds. The average molecular weight is 376 g/mol. The monoisotopic (exact) mass is 376 g/mol. The van der Waals surface area contributed by atoms with Crippen molar-refractivity contribution in [3.63, 3.8) is 0 Å². The third-order valence-corrected chi connectivity index (χ3v) is 4.78. The molecule has 1 fully saturated rings. The van der Waals surface area contributed by atoms with Crippen molar-refractivity contribution in [2.75, 3.05) is 43.1 Å². The number of hydrogen-bond donors (Lipinski definition) is 1. The third-order valence-electron chi connectivity index (χ3n) is 4.78. The molecule has 8 nitrogen and oxygen atoms in total. The number of ether oxygens (including phenoxy) is 1. The first-order chi connectivity index (χ1) is 13.7. The molecule has 8 heteroatoms. The highest BCUT2D eigenvalue weighted by Crippen LogP contribution is 2.27. The second-order valence-electron chi connectivity index (χ2n) is 6.57.